The number of rotatable bonds is 9. The molecule has 21 heavy (non-hydrogen) atoms. The molecule has 122 valence electrons. The molecule has 1 amide bonds. The van der Waals surface area contributed by atoms with Crippen LogP contribution >= 0.6 is 0 Å². The van der Waals surface area contributed by atoms with Crippen LogP contribution in [-0.4, -0.2) is 62.2 Å². The number of hydrogen-bond donors (Lipinski definition) is 2. The highest BCUT2D eigenvalue weighted by molar-refractivity contribution is 5.86. The molecule has 2 N–H and O–H groups in total. The summed E-state index contributed by atoms with van der Waals surface area (Å²) in [5.74, 6) is -1.67. The number of nitrogens with one attached hydrogen (secondary N) is 1. The summed E-state index contributed by atoms with van der Waals surface area (Å²) in [6.45, 7) is 5.77. The average Bonchev–Trinajstić information content (AvgIpc) is 2.49. The quantitative estimate of drug-likeness (QED) is 0.600. The van der Waals surface area contributed by atoms with Crippen molar-refractivity contribution in [2.45, 2.75) is 38.8 Å². The van der Waals surface area contributed by atoms with Gasteiger partial charge in [-0.3, -0.25) is 4.79 Å². The zero-order valence-electron chi connectivity index (χ0n) is 12.7. The Morgan fingerprint density at radius 3 is 2.76 bits per heavy atom. The van der Waals surface area contributed by atoms with Crippen molar-refractivity contribution in [1.29, 1.82) is 0 Å². The van der Waals surface area contributed by atoms with Gasteiger partial charge in [-0.1, -0.05) is 0 Å². The molecule has 0 spiro atoms. The van der Waals surface area contributed by atoms with E-state index in [2.05, 4.69) is 5.32 Å². The first-order valence-electron chi connectivity index (χ1n) is 7.36. The molecule has 1 fully saturated rings. The number of carboxylic acid groups (broad SMARTS) is 1. The van der Waals surface area contributed by atoms with Gasteiger partial charge in [0.2, 0.25) is 5.91 Å². The fourth-order valence-electron chi connectivity index (χ4n) is 2.18. The van der Waals surface area contributed by atoms with Crippen LogP contribution in [-0.2, 0) is 23.8 Å². The van der Waals surface area contributed by atoms with Gasteiger partial charge < -0.3 is 24.6 Å². The maximum absolute atomic E-state index is 12.0. The summed E-state index contributed by atoms with van der Waals surface area (Å²) in [7, 11) is 0. The van der Waals surface area contributed by atoms with Crippen molar-refractivity contribution in [1.82, 2.24) is 5.32 Å². The van der Waals surface area contributed by atoms with E-state index in [9.17, 15) is 14.7 Å². The molecule has 7 nitrogen and oxygen atoms in total. The first-order valence-corrected chi connectivity index (χ1v) is 7.36. The number of carboxylic acids is 1. The van der Waals surface area contributed by atoms with Crippen molar-refractivity contribution in [3.8, 4) is 0 Å². The summed E-state index contributed by atoms with van der Waals surface area (Å²) in [5.41, 5.74) is 0. The van der Waals surface area contributed by atoms with Crippen LogP contribution in [0.2, 0.25) is 0 Å². The van der Waals surface area contributed by atoms with E-state index in [1.54, 1.807) is 6.92 Å². The summed E-state index contributed by atoms with van der Waals surface area (Å²) < 4.78 is 15.7. The van der Waals surface area contributed by atoms with Gasteiger partial charge in [-0.25, -0.2) is 4.79 Å². The molecule has 7 heteroatoms. The van der Waals surface area contributed by atoms with Crippen LogP contribution in [0.15, 0.2) is 0 Å². The number of amides is 1. The molecular weight excluding hydrogens is 278 g/mol. The Bertz CT molecular complexity index is 329. The molecule has 0 saturated carbocycles. The van der Waals surface area contributed by atoms with Crippen molar-refractivity contribution < 1.29 is 28.9 Å². The SMILES string of the molecule is CCOCCOC(C)C(=O)NC(C(=O)O)C1CCCOC1. The Hall–Kier alpha value is -1.18. The molecule has 1 aliphatic rings. The van der Waals surface area contributed by atoms with E-state index in [-0.39, 0.29) is 5.92 Å². The maximum Gasteiger partial charge on any atom is 0.326 e. The lowest BCUT2D eigenvalue weighted by Gasteiger charge is -2.28. The first kappa shape index (κ1) is 17.9. The number of ether oxygens (including phenoxy) is 3. The molecule has 3 atom stereocenters. The van der Waals surface area contributed by atoms with Gasteiger partial charge in [0, 0.05) is 19.1 Å². The number of aliphatic carboxylic acids is 1. The van der Waals surface area contributed by atoms with Gasteiger partial charge >= 0.3 is 5.97 Å². The second-order valence-corrected chi connectivity index (χ2v) is 5.01. The summed E-state index contributed by atoms with van der Waals surface area (Å²) in [6.07, 6.45) is 0.832. The second-order valence-electron chi connectivity index (χ2n) is 5.01. The Labute approximate surface area is 124 Å². The van der Waals surface area contributed by atoms with Crippen LogP contribution < -0.4 is 5.32 Å². The largest absolute Gasteiger partial charge is 0.480 e. The molecule has 1 rings (SSSR count). The zero-order chi connectivity index (χ0) is 15.7. The molecule has 0 aromatic heterocycles. The third-order valence-corrected chi connectivity index (χ3v) is 3.40. The monoisotopic (exact) mass is 303 g/mol. The minimum atomic E-state index is -1.04. The predicted octanol–water partition coefficient (Wildman–Crippen LogP) is 0.424. The van der Waals surface area contributed by atoms with Gasteiger partial charge in [-0.05, 0) is 26.7 Å². The highest BCUT2D eigenvalue weighted by atomic mass is 16.5. The molecule has 0 aromatic rings. The van der Waals surface area contributed by atoms with E-state index in [4.69, 9.17) is 14.2 Å². The Morgan fingerprint density at radius 2 is 2.19 bits per heavy atom. The molecule has 1 heterocycles. The van der Waals surface area contributed by atoms with Gasteiger partial charge in [-0.15, -0.1) is 0 Å². The fourth-order valence-corrected chi connectivity index (χ4v) is 2.18. The summed E-state index contributed by atoms with van der Waals surface area (Å²) in [5, 5.41) is 11.8. The number of carbonyl (C=O) groups is 2. The van der Waals surface area contributed by atoms with Crippen LogP contribution in [0.25, 0.3) is 0 Å². The minimum Gasteiger partial charge on any atom is -0.480 e. The molecule has 0 radical (unpaired) electrons. The van der Waals surface area contributed by atoms with Crippen molar-refractivity contribution in [3.63, 3.8) is 0 Å². The molecule has 0 aromatic carbocycles. The highest BCUT2D eigenvalue weighted by Crippen LogP contribution is 2.18. The van der Waals surface area contributed by atoms with Crippen molar-refractivity contribution >= 4 is 11.9 Å². The Kier molecular flexibility index (Phi) is 8.26. The van der Waals surface area contributed by atoms with Crippen LogP contribution in [0.4, 0.5) is 0 Å². The molecule has 0 bridgehead atoms. The zero-order valence-corrected chi connectivity index (χ0v) is 12.7. The van der Waals surface area contributed by atoms with Gasteiger partial charge in [0.15, 0.2) is 0 Å². The Morgan fingerprint density at radius 1 is 1.43 bits per heavy atom. The fraction of sp³-hybridized carbons (Fsp3) is 0.857. The van der Waals surface area contributed by atoms with Gasteiger partial charge in [0.05, 0.1) is 19.8 Å². The maximum atomic E-state index is 12.0. The van der Waals surface area contributed by atoms with Crippen LogP contribution in [0.3, 0.4) is 0 Å². The van der Waals surface area contributed by atoms with E-state index in [0.29, 0.717) is 33.0 Å². The standard InChI is InChI=1S/C14H25NO6/c1-3-19-7-8-21-10(2)13(16)15-12(14(17)18)11-5-4-6-20-9-11/h10-12H,3-9H2,1-2H3,(H,15,16)(H,17,18). The van der Waals surface area contributed by atoms with E-state index >= 15 is 0 Å². The summed E-state index contributed by atoms with van der Waals surface area (Å²) in [6, 6.07) is -0.934. The highest BCUT2D eigenvalue weighted by Gasteiger charge is 2.32. The number of hydrogen-bond acceptors (Lipinski definition) is 5. The van der Waals surface area contributed by atoms with E-state index < -0.39 is 24.0 Å². The van der Waals surface area contributed by atoms with E-state index in [1.165, 1.54) is 0 Å². The van der Waals surface area contributed by atoms with Crippen molar-refractivity contribution in [3.05, 3.63) is 0 Å². The molecule has 1 aliphatic heterocycles. The first-order chi connectivity index (χ1) is 10.1. The van der Waals surface area contributed by atoms with Gasteiger partial charge in [-0.2, -0.15) is 0 Å². The molecule has 1 saturated heterocycles. The van der Waals surface area contributed by atoms with E-state index in [1.807, 2.05) is 6.92 Å². The lowest BCUT2D eigenvalue weighted by atomic mass is 9.93. The van der Waals surface area contributed by atoms with Crippen LogP contribution in [0.5, 0.6) is 0 Å². The minimum absolute atomic E-state index is 0.198. The molecule has 0 aliphatic carbocycles. The van der Waals surface area contributed by atoms with Crippen LogP contribution in [0, 0.1) is 5.92 Å². The summed E-state index contributed by atoms with van der Waals surface area (Å²) in [4.78, 5) is 23.3. The average molecular weight is 303 g/mol. The topological polar surface area (TPSA) is 94.1 Å². The second kappa shape index (κ2) is 9.70. The van der Waals surface area contributed by atoms with Crippen molar-refractivity contribution in [2.75, 3.05) is 33.0 Å². The van der Waals surface area contributed by atoms with Gasteiger partial charge in [0.25, 0.3) is 0 Å². The lowest BCUT2D eigenvalue weighted by molar-refractivity contribution is -0.147. The van der Waals surface area contributed by atoms with Gasteiger partial charge in [0.1, 0.15) is 12.1 Å². The lowest BCUT2D eigenvalue weighted by Crippen LogP contribution is -2.51. The third kappa shape index (κ3) is 6.41. The van der Waals surface area contributed by atoms with Crippen LogP contribution in [0.1, 0.15) is 26.7 Å². The normalized spacial score (nSPS) is 21.5. The summed E-state index contributed by atoms with van der Waals surface area (Å²) >= 11 is 0. The number of carbonyl (C=O) groups excluding carboxylic acids is 1. The predicted molar refractivity (Wildman–Crippen MR) is 75.0 cm³/mol. The smallest absolute Gasteiger partial charge is 0.326 e. The third-order valence-electron chi connectivity index (χ3n) is 3.40. The molecular formula is C14H25NO6. The van der Waals surface area contributed by atoms with E-state index in [0.717, 1.165) is 12.8 Å². The Balaban J connectivity index is 2.42. The van der Waals surface area contributed by atoms with Crippen molar-refractivity contribution in [2.24, 2.45) is 5.92 Å². The molecule has 3 unspecified atom stereocenters.